The summed E-state index contributed by atoms with van der Waals surface area (Å²) in [4.78, 5) is 12.2. The lowest BCUT2D eigenvalue weighted by Gasteiger charge is -2.30. The summed E-state index contributed by atoms with van der Waals surface area (Å²) in [7, 11) is 0. The average molecular weight is 318 g/mol. The summed E-state index contributed by atoms with van der Waals surface area (Å²) in [6.45, 7) is 0.653. The van der Waals surface area contributed by atoms with E-state index in [4.69, 9.17) is 4.74 Å². The third kappa shape index (κ3) is 4.94. The van der Waals surface area contributed by atoms with Gasteiger partial charge >= 0.3 is 6.03 Å². The van der Waals surface area contributed by atoms with Crippen LogP contribution in [0.4, 0.5) is 4.79 Å². The Hall–Kier alpha value is -1.59. The van der Waals surface area contributed by atoms with Crippen molar-refractivity contribution in [3.8, 4) is 0 Å². The van der Waals surface area contributed by atoms with Crippen LogP contribution < -0.4 is 10.6 Å². The van der Waals surface area contributed by atoms with Crippen LogP contribution >= 0.6 is 0 Å². The molecule has 1 aliphatic carbocycles. The molecule has 0 bridgehead atoms. The van der Waals surface area contributed by atoms with Crippen molar-refractivity contribution in [3.63, 3.8) is 0 Å². The Morgan fingerprint density at radius 2 is 2.04 bits per heavy atom. The second kappa shape index (κ2) is 7.79. The zero-order chi connectivity index (χ0) is 16.1. The summed E-state index contributed by atoms with van der Waals surface area (Å²) in [6, 6.07) is 9.60. The molecule has 1 aliphatic heterocycles. The van der Waals surface area contributed by atoms with Gasteiger partial charge in [-0.25, -0.2) is 4.79 Å². The molecule has 1 saturated carbocycles. The van der Waals surface area contributed by atoms with Crippen molar-refractivity contribution < 1.29 is 14.6 Å². The summed E-state index contributed by atoms with van der Waals surface area (Å²) >= 11 is 0. The highest BCUT2D eigenvalue weighted by molar-refractivity contribution is 5.74. The molecule has 23 heavy (non-hydrogen) atoms. The fourth-order valence-electron chi connectivity index (χ4n) is 3.23. The van der Waals surface area contributed by atoms with Gasteiger partial charge in [0.15, 0.2) is 0 Å². The fraction of sp³-hybridized carbons (Fsp3) is 0.611. The molecule has 126 valence electrons. The van der Waals surface area contributed by atoms with Crippen LogP contribution in [0.15, 0.2) is 30.3 Å². The van der Waals surface area contributed by atoms with Crippen molar-refractivity contribution in [3.05, 3.63) is 35.9 Å². The molecule has 3 atom stereocenters. The molecule has 0 unspecified atom stereocenters. The Labute approximate surface area is 137 Å². The number of urea groups is 1. The van der Waals surface area contributed by atoms with E-state index >= 15 is 0 Å². The summed E-state index contributed by atoms with van der Waals surface area (Å²) in [5.41, 5.74) is 1.10. The maximum atomic E-state index is 12.2. The van der Waals surface area contributed by atoms with Crippen molar-refractivity contribution in [1.82, 2.24) is 10.6 Å². The molecule has 0 radical (unpaired) electrons. The number of hydrogen-bond acceptors (Lipinski definition) is 3. The van der Waals surface area contributed by atoms with E-state index in [0.717, 1.165) is 25.0 Å². The molecule has 5 nitrogen and oxygen atoms in total. The Balaban J connectivity index is 1.45. The molecule has 0 aromatic heterocycles. The number of carbonyl (C=O) groups is 1. The van der Waals surface area contributed by atoms with E-state index in [1.54, 1.807) is 0 Å². The average Bonchev–Trinajstić information content (AvgIpc) is 3.40. The van der Waals surface area contributed by atoms with Crippen molar-refractivity contribution in [2.75, 3.05) is 13.2 Å². The molecule has 2 aliphatic rings. The predicted octanol–water partition coefficient (Wildman–Crippen LogP) is 1.85. The first-order valence-electron chi connectivity index (χ1n) is 8.58. The Morgan fingerprint density at radius 3 is 2.74 bits per heavy atom. The smallest absolute Gasteiger partial charge is 0.315 e. The van der Waals surface area contributed by atoms with Gasteiger partial charge in [0.2, 0.25) is 0 Å². The number of carbonyl (C=O) groups excluding carboxylic acids is 1. The highest BCUT2D eigenvalue weighted by Crippen LogP contribution is 2.38. The highest BCUT2D eigenvalue weighted by Gasteiger charge is 2.36. The largest absolute Gasteiger partial charge is 0.394 e. The lowest BCUT2D eigenvalue weighted by Crippen LogP contribution is -2.50. The van der Waals surface area contributed by atoms with E-state index in [9.17, 15) is 9.90 Å². The van der Waals surface area contributed by atoms with Gasteiger partial charge in [-0.3, -0.25) is 0 Å². The van der Waals surface area contributed by atoms with Crippen molar-refractivity contribution in [2.24, 2.45) is 5.92 Å². The second-order valence-corrected chi connectivity index (χ2v) is 6.65. The zero-order valence-electron chi connectivity index (χ0n) is 13.4. The number of hydrogen-bond donors (Lipinski definition) is 3. The maximum Gasteiger partial charge on any atom is 0.315 e. The summed E-state index contributed by atoms with van der Waals surface area (Å²) in [6.07, 6.45) is 5.22. The molecule has 1 heterocycles. The lowest BCUT2D eigenvalue weighted by molar-refractivity contribution is -0.00921. The predicted molar refractivity (Wildman–Crippen MR) is 88.2 cm³/mol. The molecule has 1 saturated heterocycles. The molecule has 3 rings (SSSR count). The number of rotatable bonds is 6. The number of amides is 2. The van der Waals surface area contributed by atoms with Gasteiger partial charge in [-0.1, -0.05) is 30.3 Å². The number of aliphatic hydroxyl groups excluding tert-OH is 1. The van der Waals surface area contributed by atoms with Crippen LogP contribution in [0, 0.1) is 5.92 Å². The van der Waals surface area contributed by atoms with Gasteiger partial charge in [0.1, 0.15) is 0 Å². The monoisotopic (exact) mass is 318 g/mol. The summed E-state index contributed by atoms with van der Waals surface area (Å²) in [5, 5.41) is 15.4. The normalized spacial score (nSPS) is 25.6. The van der Waals surface area contributed by atoms with E-state index in [-0.39, 0.29) is 24.7 Å². The first-order valence-corrected chi connectivity index (χ1v) is 8.58. The van der Waals surface area contributed by atoms with Crippen LogP contribution in [0.25, 0.3) is 0 Å². The fourth-order valence-corrected chi connectivity index (χ4v) is 3.23. The van der Waals surface area contributed by atoms with Crippen LogP contribution in [-0.2, 0) is 11.2 Å². The molecule has 1 aromatic carbocycles. The summed E-state index contributed by atoms with van der Waals surface area (Å²) < 4.78 is 5.78. The zero-order valence-corrected chi connectivity index (χ0v) is 13.4. The van der Waals surface area contributed by atoms with Gasteiger partial charge in [-0.05, 0) is 43.6 Å². The van der Waals surface area contributed by atoms with Crippen LogP contribution in [-0.4, -0.2) is 42.5 Å². The number of nitrogens with one attached hydrogen (secondary N) is 2. The molecule has 1 aromatic rings. The molecule has 2 amide bonds. The van der Waals surface area contributed by atoms with Crippen LogP contribution in [0.2, 0.25) is 0 Å². The first kappa shape index (κ1) is 16.3. The maximum absolute atomic E-state index is 12.2. The minimum Gasteiger partial charge on any atom is -0.394 e. The van der Waals surface area contributed by atoms with Crippen molar-refractivity contribution in [1.29, 1.82) is 0 Å². The van der Waals surface area contributed by atoms with Gasteiger partial charge < -0.3 is 20.5 Å². The third-order valence-electron chi connectivity index (χ3n) is 4.68. The van der Waals surface area contributed by atoms with Crippen LogP contribution in [0.5, 0.6) is 0 Å². The standard InChI is InChI=1S/C18H26N2O3/c21-12-16(10-13-4-2-1-3-5-13)20-18(22)19-15-8-9-23-17(11-15)14-6-7-14/h1-5,14-17,21H,6-12H2,(H2,19,20,22)/t15-,16+,17-/m1/s1. The van der Waals surface area contributed by atoms with Gasteiger partial charge in [0.25, 0.3) is 0 Å². The van der Waals surface area contributed by atoms with E-state index in [1.807, 2.05) is 30.3 Å². The molecular formula is C18H26N2O3. The van der Waals surface area contributed by atoms with Crippen molar-refractivity contribution >= 4 is 6.03 Å². The van der Waals surface area contributed by atoms with Gasteiger partial charge in [-0.2, -0.15) is 0 Å². The van der Waals surface area contributed by atoms with Gasteiger partial charge in [0, 0.05) is 12.6 Å². The first-order chi connectivity index (χ1) is 11.2. The molecule has 2 fully saturated rings. The SMILES string of the molecule is O=C(N[C@H](CO)Cc1ccccc1)N[C@@H]1CCO[C@@H](C2CC2)C1. The quantitative estimate of drug-likeness (QED) is 0.749. The Bertz CT molecular complexity index is 504. The van der Waals surface area contributed by atoms with Gasteiger partial charge in [-0.15, -0.1) is 0 Å². The van der Waals surface area contributed by atoms with E-state index in [1.165, 1.54) is 12.8 Å². The van der Waals surface area contributed by atoms with Gasteiger partial charge in [0.05, 0.1) is 18.8 Å². The Morgan fingerprint density at radius 1 is 1.26 bits per heavy atom. The molecule has 0 spiro atoms. The molecule has 3 N–H and O–H groups in total. The van der Waals surface area contributed by atoms with E-state index < -0.39 is 0 Å². The summed E-state index contributed by atoms with van der Waals surface area (Å²) in [5.74, 6) is 0.700. The minimum absolute atomic E-state index is 0.0687. The van der Waals surface area contributed by atoms with Crippen molar-refractivity contribution in [2.45, 2.75) is 50.3 Å². The molecule has 5 heteroatoms. The lowest BCUT2D eigenvalue weighted by atomic mass is 10.0. The highest BCUT2D eigenvalue weighted by atomic mass is 16.5. The topological polar surface area (TPSA) is 70.6 Å². The number of ether oxygens (including phenoxy) is 1. The van der Waals surface area contributed by atoms with Crippen LogP contribution in [0.1, 0.15) is 31.2 Å². The number of aliphatic hydroxyl groups is 1. The second-order valence-electron chi connectivity index (χ2n) is 6.65. The Kier molecular flexibility index (Phi) is 5.51. The van der Waals surface area contributed by atoms with E-state index in [2.05, 4.69) is 10.6 Å². The number of benzene rings is 1. The van der Waals surface area contributed by atoms with Crippen LogP contribution in [0.3, 0.4) is 0 Å². The minimum atomic E-state index is -0.267. The third-order valence-corrected chi connectivity index (χ3v) is 4.68. The molecular weight excluding hydrogens is 292 g/mol. The van der Waals surface area contributed by atoms with E-state index in [0.29, 0.717) is 18.4 Å².